The number of carbonyl (C=O) groups is 1. The van der Waals surface area contributed by atoms with Crippen molar-refractivity contribution < 1.29 is 9.90 Å². The first-order valence-corrected chi connectivity index (χ1v) is 6.62. The van der Waals surface area contributed by atoms with Gasteiger partial charge in [-0.2, -0.15) is 0 Å². The molecule has 1 aromatic rings. The summed E-state index contributed by atoms with van der Waals surface area (Å²) in [5.41, 5.74) is 12.8. The number of phenols is 1. The van der Waals surface area contributed by atoms with Gasteiger partial charge >= 0.3 is 0 Å². The van der Waals surface area contributed by atoms with Crippen molar-refractivity contribution in [3.63, 3.8) is 0 Å². The summed E-state index contributed by atoms with van der Waals surface area (Å²) in [7, 11) is 0. The highest BCUT2D eigenvalue weighted by molar-refractivity contribution is 5.77. The van der Waals surface area contributed by atoms with Crippen LogP contribution in [-0.4, -0.2) is 24.1 Å². The smallest absolute Gasteiger partial charge is 0.220 e. The predicted octanol–water partition coefficient (Wildman–Crippen LogP) is 1.11. The van der Waals surface area contributed by atoms with Crippen LogP contribution in [0.5, 0.6) is 5.75 Å². The number of benzene rings is 1. The highest BCUT2D eigenvalue weighted by Gasteiger charge is 2.23. The van der Waals surface area contributed by atoms with E-state index in [1.807, 2.05) is 19.1 Å². The third-order valence-corrected chi connectivity index (χ3v) is 3.77. The molecule has 0 saturated carbocycles. The van der Waals surface area contributed by atoms with E-state index >= 15 is 0 Å². The summed E-state index contributed by atoms with van der Waals surface area (Å²) in [4.78, 5) is 13.3. The minimum absolute atomic E-state index is 0.0202. The molecule has 1 aromatic carbocycles. The summed E-state index contributed by atoms with van der Waals surface area (Å²) in [6.45, 7) is 3.40. The molecule has 0 spiro atoms. The molecule has 1 amide bonds. The van der Waals surface area contributed by atoms with Gasteiger partial charge in [0.05, 0.1) is 0 Å². The number of anilines is 1. The Labute approximate surface area is 113 Å². The number of nitrogens with two attached hydrogens (primary N) is 2. The molecule has 1 aliphatic heterocycles. The van der Waals surface area contributed by atoms with E-state index < -0.39 is 0 Å². The van der Waals surface area contributed by atoms with Crippen LogP contribution in [0.25, 0.3) is 0 Å². The third kappa shape index (κ3) is 2.98. The molecule has 0 radical (unpaired) electrons. The quantitative estimate of drug-likeness (QED) is 0.761. The molecular weight excluding hydrogens is 242 g/mol. The van der Waals surface area contributed by atoms with Crippen molar-refractivity contribution in [1.29, 1.82) is 0 Å². The lowest BCUT2D eigenvalue weighted by Gasteiger charge is -2.32. The predicted molar refractivity (Wildman–Crippen MR) is 74.8 cm³/mol. The summed E-state index contributed by atoms with van der Waals surface area (Å²) in [5.74, 6) is -0.00693. The first-order valence-electron chi connectivity index (χ1n) is 6.62. The van der Waals surface area contributed by atoms with Crippen LogP contribution in [0.3, 0.4) is 0 Å². The lowest BCUT2D eigenvalue weighted by molar-refractivity contribution is -0.122. The number of carbonyl (C=O) groups excluding carboxylic acids is 1. The topological polar surface area (TPSA) is 92.6 Å². The van der Waals surface area contributed by atoms with E-state index in [-0.39, 0.29) is 23.6 Å². The first-order chi connectivity index (χ1) is 8.99. The van der Waals surface area contributed by atoms with Gasteiger partial charge in [-0.05, 0) is 25.8 Å². The number of primary amides is 1. The molecule has 5 nitrogen and oxygen atoms in total. The summed E-state index contributed by atoms with van der Waals surface area (Å²) < 4.78 is 0. The molecule has 1 fully saturated rings. The Balaban J connectivity index is 2.08. The van der Waals surface area contributed by atoms with Gasteiger partial charge in [-0.1, -0.05) is 6.07 Å². The molecule has 0 aromatic heterocycles. The van der Waals surface area contributed by atoms with E-state index in [0.717, 1.165) is 37.2 Å². The van der Waals surface area contributed by atoms with Crippen molar-refractivity contribution in [1.82, 2.24) is 0 Å². The van der Waals surface area contributed by atoms with Crippen molar-refractivity contribution >= 4 is 11.6 Å². The fraction of sp³-hybridized carbons (Fsp3) is 0.500. The largest absolute Gasteiger partial charge is 0.508 e. The molecule has 104 valence electrons. The van der Waals surface area contributed by atoms with Crippen LogP contribution in [0.2, 0.25) is 0 Å². The van der Waals surface area contributed by atoms with Crippen LogP contribution < -0.4 is 16.4 Å². The maximum Gasteiger partial charge on any atom is 0.220 e. The Hall–Kier alpha value is -1.75. The zero-order chi connectivity index (χ0) is 14.0. The summed E-state index contributed by atoms with van der Waals surface area (Å²) >= 11 is 0. The molecule has 1 aliphatic rings. The molecule has 5 N–H and O–H groups in total. The second kappa shape index (κ2) is 5.48. The summed E-state index contributed by atoms with van der Waals surface area (Å²) in [6.07, 6.45) is 1.54. The number of nitrogens with zero attached hydrogens (tertiary/aromatic N) is 1. The number of aromatic hydroxyl groups is 1. The minimum Gasteiger partial charge on any atom is -0.508 e. The Kier molecular flexibility index (Phi) is 3.95. The molecule has 1 unspecified atom stereocenters. The summed E-state index contributed by atoms with van der Waals surface area (Å²) in [6, 6.07) is 5.37. The van der Waals surface area contributed by atoms with E-state index in [9.17, 15) is 9.90 Å². The highest BCUT2D eigenvalue weighted by atomic mass is 16.3. The zero-order valence-electron chi connectivity index (χ0n) is 11.2. The van der Waals surface area contributed by atoms with Crippen LogP contribution in [0.1, 0.15) is 31.4 Å². The fourth-order valence-electron chi connectivity index (χ4n) is 2.54. The van der Waals surface area contributed by atoms with Gasteiger partial charge in [0, 0.05) is 42.4 Å². The van der Waals surface area contributed by atoms with Gasteiger partial charge in [0.15, 0.2) is 0 Å². The molecule has 1 saturated heterocycles. The van der Waals surface area contributed by atoms with Gasteiger partial charge in [0.25, 0.3) is 0 Å². The monoisotopic (exact) mass is 263 g/mol. The van der Waals surface area contributed by atoms with Crippen molar-refractivity contribution in [3.05, 3.63) is 23.8 Å². The van der Waals surface area contributed by atoms with Crippen LogP contribution in [0.15, 0.2) is 18.2 Å². The van der Waals surface area contributed by atoms with Crippen LogP contribution >= 0.6 is 0 Å². The van der Waals surface area contributed by atoms with E-state index in [1.165, 1.54) is 0 Å². The maximum atomic E-state index is 11.1. The number of hydrogen-bond acceptors (Lipinski definition) is 4. The number of phenolic OH excluding ortho intramolecular Hbond substituents is 1. The molecular formula is C14H21N3O2. The van der Waals surface area contributed by atoms with Crippen molar-refractivity contribution in [2.45, 2.75) is 25.8 Å². The minimum atomic E-state index is -0.213. The Morgan fingerprint density at radius 3 is 2.53 bits per heavy atom. The van der Waals surface area contributed by atoms with Crippen LogP contribution in [0.4, 0.5) is 5.69 Å². The number of hydrogen-bond donors (Lipinski definition) is 3. The molecule has 0 aliphatic carbocycles. The SMILES string of the molecule is CC(N)c1ccc(N2CCC(C(N)=O)CC2)cc1O. The second-order valence-corrected chi connectivity index (χ2v) is 5.20. The third-order valence-electron chi connectivity index (χ3n) is 3.77. The van der Waals surface area contributed by atoms with E-state index in [1.54, 1.807) is 6.07 Å². The van der Waals surface area contributed by atoms with Crippen molar-refractivity contribution in [2.75, 3.05) is 18.0 Å². The second-order valence-electron chi connectivity index (χ2n) is 5.20. The average molecular weight is 263 g/mol. The first kappa shape index (κ1) is 13.7. The van der Waals surface area contributed by atoms with Gasteiger partial charge in [-0.25, -0.2) is 0 Å². The fourth-order valence-corrected chi connectivity index (χ4v) is 2.54. The Morgan fingerprint density at radius 1 is 1.42 bits per heavy atom. The molecule has 5 heteroatoms. The zero-order valence-corrected chi connectivity index (χ0v) is 11.2. The van der Waals surface area contributed by atoms with Crippen molar-refractivity contribution in [2.24, 2.45) is 17.4 Å². The number of amides is 1. The molecule has 19 heavy (non-hydrogen) atoms. The average Bonchev–Trinajstić information content (AvgIpc) is 2.38. The molecule has 1 heterocycles. The van der Waals surface area contributed by atoms with Gasteiger partial charge in [0.2, 0.25) is 5.91 Å². The van der Waals surface area contributed by atoms with Gasteiger partial charge in [0.1, 0.15) is 5.75 Å². The summed E-state index contributed by atoms with van der Waals surface area (Å²) in [5, 5.41) is 9.95. The van der Waals surface area contributed by atoms with Gasteiger partial charge < -0.3 is 21.5 Å². The van der Waals surface area contributed by atoms with E-state index in [4.69, 9.17) is 11.5 Å². The molecule has 0 bridgehead atoms. The van der Waals surface area contributed by atoms with Crippen LogP contribution in [-0.2, 0) is 4.79 Å². The van der Waals surface area contributed by atoms with Crippen molar-refractivity contribution in [3.8, 4) is 5.75 Å². The van der Waals surface area contributed by atoms with Gasteiger partial charge in [-0.15, -0.1) is 0 Å². The highest BCUT2D eigenvalue weighted by Crippen LogP contribution is 2.30. The Morgan fingerprint density at radius 2 is 2.05 bits per heavy atom. The number of rotatable bonds is 3. The molecule has 1 atom stereocenters. The standard InChI is InChI=1S/C14H21N3O2/c1-9(15)12-3-2-11(8-13(12)18)17-6-4-10(5-7-17)14(16)19/h2-3,8-10,18H,4-7,15H2,1H3,(H2,16,19). The molecule has 2 rings (SSSR count). The lowest BCUT2D eigenvalue weighted by Crippen LogP contribution is -2.38. The Bertz CT molecular complexity index is 466. The number of piperidine rings is 1. The van der Waals surface area contributed by atoms with Crippen LogP contribution in [0, 0.1) is 5.92 Å². The van der Waals surface area contributed by atoms with E-state index in [2.05, 4.69) is 4.90 Å². The normalized spacial score (nSPS) is 18.3. The maximum absolute atomic E-state index is 11.1. The van der Waals surface area contributed by atoms with E-state index in [0.29, 0.717) is 0 Å². The van der Waals surface area contributed by atoms with Gasteiger partial charge in [-0.3, -0.25) is 4.79 Å². The lowest BCUT2D eigenvalue weighted by atomic mass is 9.95.